The third-order valence-electron chi connectivity index (χ3n) is 4.16. The van der Waals surface area contributed by atoms with Crippen LogP contribution in [0.15, 0.2) is 18.2 Å². The molecule has 1 aromatic carbocycles. The molecule has 0 bridgehead atoms. The van der Waals surface area contributed by atoms with E-state index in [9.17, 15) is 0 Å². The van der Waals surface area contributed by atoms with Gasteiger partial charge in [-0.25, -0.2) is 0 Å². The molecule has 0 fully saturated rings. The van der Waals surface area contributed by atoms with Gasteiger partial charge in [0.15, 0.2) is 0 Å². The van der Waals surface area contributed by atoms with Gasteiger partial charge in [0.2, 0.25) is 0 Å². The molecule has 2 N–H and O–H groups in total. The van der Waals surface area contributed by atoms with E-state index >= 15 is 0 Å². The van der Waals surface area contributed by atoms with E-state index in [1.165, 1.54) is 18.5 Å². The first-order valence-electron chi connectivity index (χ1n) is 6.81. The SMILES string of the molecule is CC(C)NC1CCc2cccc3c2C1C(C)N3. The highest BCUT2D eigenvalue weighted by molar-refractivity contribution is 5.63. The molecule has 1 aliphatic carbocycles. The fraction of sp³-hybridized carbons (Fsp3) is 0.600. The Kier molecular flexibility index (Phi) is 2.62. The van der Waals surface area contributed by atoms with Gasteiger partial charge in [0.1, 0.15) is 0 Å². The molecule has 3 rings (SSSR count). The van der Waals surface area contributed by atoms with Crippen molar-refractivity contribution in [3.63, 3.8) is 0 Å². The zero-order chi connectivity index (χ0) is 12.0. The lowest BCUT2D eigenvalue weighted by molar-refractivity contribution is 0.352. The van der Waals surface area contributed by atoms with Crippen LogP contribution in [0.25, 0.3) is 0 Å². The van der Waals surface area contributed by atoms with Crippen LogP contribution in [0.1, 0.15) is 44.2 Å². The third kappa shape index (κ3) is 1.75. The molecule has 0 radical (unpaired) electrons. The van der Waals surface area contributed by atoms with E-state index in [1.807, 2.05) is 0 Å². The van der Waals surface area contributed by atoms with Crippen LogP contribution in [0, 0.1) is 0 Å². The van der Waals surface area contributed by atoms with Gasteiger partial charge in [-0.3, -0.25) is 0 Å². The first-order valence-corrected chi connectivity index (χ1v) is 6.81. The third-order valence-corrected chi connectivity index (χ3v) is 4.16. The predicted molar refractivity (Wildman–Crippen MR) is 72.6 cm³/mol. The van der Waals surface area contributed by atoms with E-state index in [0.29, 0.717) is 24.0 Å². The van der Waals surface area contributed by atoms with Crippen molar-refractivity contribution in [3.8, 4) is 0 Å². The summed E-state index contributed by atoms with van der Waals surface area (Å²) in [7, 11) is 0. The monoisotopic (exact) mass is 230 g/mol. The number of rotatable bonds is 2. The maximum atomic E-state index is 3.75. The summed E-state index contributed by atoms with van der Waals surface area (Å²) in [6, 6.07) is 8.48. The second-order valence-corrected chi connectivity index (χ2v) is 5.80. The van der Waals surface area contributed by atoms with Gasteiger partial charge in [-0.15, -0.1) is 0 Å². The first kappa shape index (κ1) is 11.1. The molecule has 2 nitrogen and oxygen atoms in total. The van der Waals surface area contributed by atoms with Crippen LogP contribution in [0.5, 0.6) is 0 Å². The number of benzene rings is 1. The molecule has 0 aromatic heterocycles. The van der Waals surface area contributed by atoms with Crippen LogP contribution >= 0.6 is 0 Å². The predicted octanol–water partition coefficient (Wildman–Crippen LogP) is 2.90. The average molecular weight is 230 g/mol. The van der Waals surface area contributed by atoms with E-state index in [1.54, 1.807) is 11.1 Å². The zero-order valence-electron chi connectivity index (χ0n) is 11.0. The second kappa shape index (κ2) is 4.02. The Morgan fingerprint density at radius 3 is 2.94 bits per heavy atom. The van der Waals surface area contributed by atoms with Crippen LogP contribution in [0.2, 0.25) is 0 Å². The first-order chi connectivity index (χ1) is 8.16. The largest absolute Gasteiger partial charge is 0.382 e. The van der Waals surface area contributed by atoms with Crippen LogP contribution in [-0.2, 0) is 6.42 Å². The minimum atomic E-state index is 0.558. The Labute approximate surface area is 104 Å². The van der Waals surface area contributed by atoms with Crippen molar-refractivity contribution in [2.45, 2.75) is 57.7 Å². The Balaban J connectivity index is 1.98. The lowest BCUT2D eigenvalue weighted by atomic mass is 9.77. The van der Waals surface area contributed by atoms with Gasteiger partial charge in [0, 0.05) is 29.7 Å². The molecule has 2 heteroatoms. The summed E-state index contributed by atoms with van der Waals surface area (Å²) < 4.78 is 0. The lowest BCUT2D eigenvalue weighted by Crippen LogP contribution is -2.44. The lowest BCUT2D eigenvalue weighted by Gasteiger charge is -2.34. The molecule has 17 heavy (non-hydrogen) atoms. The highest BCUT2D eigenvalue weighted by Crippen LogP contribution is 2.44. The van der Waals surface area contributed by atoms with Crippen molar-refractivity contribution in [1.82, 2.24) is 5.32 Å². The fourth-order valence-electron chi connectivity index (χ4n) is 3.59. The number of anilines is 1. The van der Waals surface area contributed by atoms with Crippen LogP contribution in [0.3, 0.4) is 0 Å². The van der Waals surface area contributed by atoms with Crippen molar-refractivity contribution in [2.75, 3.05) is 5.32 Å². The number of nitrogens with one attached hydrogen (secondary N) is 2. The zero-order valence-corrected chi connectivity index (χ0v) is 11.0. The molecule has 0 saturated carbocycles. The fourth-order valence-corrected chi connectivity index (χ4v) is 3.59. The second-order valence-electron chi connectivity index (χ2n) is 5.80. The van der Waals surface area contributed by atoms with Gasteiger partial charge >= 0.3 is 0 Å². The summed E-state index contributed by atoms with van der Waals surface area (Å²) in [6.45, 7) is 6.80. The summed E-state index contributed by atoms with van der Waals surface area (Å²) in [6.07, 6.45) is 2.49. The molecule has 2 aliphatic rings. The summed E-state index contributed by atoms with van der Waals surface area (Å²) >= 11 is 0. The van der Waals surface area contributed by atoms with Crippen molar-refractivity contribution >= 4 is 5.69 Å². The van der Waals surface area contributed by atoms with Gasteiger partial charge in [-0.05, 0) is 37.0 Å². The molecule has 1 aromatic rings. The number of hydrogen-bond acceptors (Lipinski definition) is 2. The van der Waals surface area contributed by atoms with Gasteiger partial charge in [-0.2, -0.15) is 0 Å². The minimum Gasteiger partial charge on any atom is -0.382 e. The summed E-state index contributed by atoms with van der Waals surface area (Å²) in [4.78, 5) is 0. The van der Waals surface area contributed by atoms with Crippen molar-refractivity contribution in [2.24, 2.45) is 0 Å². The topological polar surface area (TPSA) is 24.1 Å². The van der Waals surface area contributed by atoms with Crippen LogP contribution in [0.4, 0.5) is 5.69 Å². The summed E-state index contributed by atoms with van der Waals surface area (Å²) in [5, 5.41) is 7.39. The Hall–Kier alpha value is -1.02. The highest BCUT2D eigenvalue weighted by Gasteiger charge is 2.39. The Morgan fingerprint density at radius 2 is 2.18 bits per heavy atom. The molecule has 3 unspecified atom stereocenters. The molecule has 0 spiro atoms. The van der Waals surface area contributed by atoms with E-state index in [-0.39, 0.29) is 0 Å². The van der Waals surface area contributed by atoms with Gasteiger partial charge in [-0.1, -0.05) is 26.0 Å². The molecular weight excluding hydrogens is 208 g/mol. The van der Waals surface area contributed by atoms with E-state index in [4.69, 9.17) is 0 Å². The maximum Gasteiger partial charge on any atom is 0.0382 e. The smallest absolute Gasteiger partial charge is 0.0382 e. The summed E-state index contributed by atoms with van der Waals surface area (Å²) in [5.41, 5.74) is 4.52. The van der Waals surface area contributed by atoms with E-state index in [0.717, 1.165) is 0 Å². The van der Waals surface area contributed by atoms with Crippen molar-refractivity contribution in [1.29, 1.82) is 0 Å². The average Bonchev–Trinajstić information content (AvgIpc) is 2.61. The Bertz CT molecular complexity index is 425. The van der Waals surface area contributed by atoms with Gasteiger partial charge in [0.25, 0.3) is 0 Å². The van der Waals surface area contributed by atoms with Gasteiger partial charge < -0.3 is 10.6 Å². The van der Waals surface area contributed by atoms with Crippen LogP contribution < -0.4 is 10.6 Å². The molecule has 0 amide bonds. The molecule has 3 atom stereocenters. The molecule has 92 valence electrons. The molecular formula is C15H22N2. The highest BCUT2D eigenvalue weighted by atomic mass is 15.0. The standard InChI is InChI=1S/C15H22N2/c1-9(2)16-13-8-7-11-5-4-6-12-15(11)14(13)10(3)17-12/h4-6,9-10,13-14,16-17H,7-8H2,1-3H3. The molecule has 1 aliphatic heterocycles. The van der Waals surface area contributed by atoms with Crippen molar-refractivity contribution < 1.29 is 0 Å². The molecule has 1 heterocycles. The molecule has 0 saturated heterocycles. The number of aryl methyl sites for hydroxylation is 1. The van der Waals surface area contributed by atoms with E-state index < -0.39 is 0 Å². The van der Waals surface area contributed by atoms with Crippen LogP contribution in [-0.4, -0.2) is 18.1 Å². The maximum absolute atomic E-state index is 3.75. The van der Waals surface area contributed by atoms with E-state index in [2.05, 4.69) is 49.6 Å². The Morgan fingerprint density at radius 1 is 1.35 bits per heavy atom. The minimum absolute atomic E-state index is 0.558. The number of hydrogen-bond donors (Lipinski definition) is 2. The quantitative estimate of drug-likeness (QED) is 0.816. The van der Waals surface area contributed by atoms with Gasteiger partial charge in [0.05, 0.1) is 0 Å². The van der Waals surface area contributed by atoms with Crippen molar-refractivity contribution in [3.05, 3.63) is 29.3 Å². The summed E-state index contributed by atoms with van der Waals surface area (Å²) in [5.74, 6) is 0.650. The normalized spacial score (nSPS) is 30.2.